The molecule has 3 aliphatic heterocycles. The molecule has 0 saturated carbocycles. The number of rotatable bonds is 2. The molecule has 186 valence electrons. The Morgan fingerprint density at radius 3 is 2.44 bits per heavy atom. The number of ketones is 1. The van der Waals surface area contributed by atoms with Crippen molar-refractivity contribution in [1.82, 2.24) is 0 Å². The van der Waals surface area contributed by atoms with E-state index in [0.29, 0.717) is 5.57 Å². The molecule has 4 aliphatic rings. The Hall–Kier alpha value is -2.23. The number of ether oxygens (including phenoxy) is 4. The molecule has 10 heteroatoms. The second-order valence-corrected chi connectivity index (χ2v) is 10.5. The summed E-state index contributed by atoms with van der Waals surface area (Å²) >= 11 is 6.70. The number of halogens is 1. The lowest BCUT2D eigenvalue weighted by Crippen LogP contribution is -2.77. The van der Waals surface area contributed by atoms with Gasteiger partial charge in [-0.15, -0.1) is 11.6 Å². The minimum atomic E-state index is -1.79. The fourth-order valence-electron chi connectivity index (χ4n) is 6.39. The first-order valence-corrected chi connectivity index (χ1v) is 11.6. The number of aliphatic hydroxyl groups is 1. The van der Waals surface area contributed by atoms with Gasteiger partial charge in [-0.3, -0.25) is 19.2 Å². The highest BCUT2D eigenvalue weighted by molar-refractivity contribution is 6.23. The van der Waals surface area contributed by atoms with E-state index in [1.807, 2.05) is 0 Å². The van der Waals surface area contributed by atoms with Crippen LogP contribution in [0.3, 0.4) is 0 Å². The fraction of sp³-hybridized carbons (Fsp3) is 0.667. The molecule has 34 heavy (non-hydrogen) atoms. The van der Waals surface area contributed by atoms with Crippen molar-refractivity contribution in [3.8, 4) is 0 Å². The molecular weight excluding hydrogens is 468 g/mol. The molecule has 2 bridgehead atoms. The lowest BCUT2D eigenvalue weighted by Gasteiger charge is -2.63. The molecule has 0 amide bonds. The molecule has 0 aromatic heterocycles. The first-order chi connectivity index (χ1) is 15.7. The third kappa shape index (κ3) is 3.20. The lowest BCUT2D eigenvalue weighted by molar-refractivity contribution is -0.318. The van der Waals surface area contributed by atoms with Crippen LogP contribution in [0.4, 0.5) is 0 Å². The molecule has 1 spiro atoms. The van der Waals surface area contributed by atoms with E-state index in [9.17, 15) is 24.3 Å². The van der Waals surface area contributed by atoms with Gasteiger partial charge in [0.05, 0.1) is 29.4 Å². The highest BCUT2D eigenvalue weighted by Gasteiger charge is 2.77. The Bertz CT molecular complexity index is 1010. The molecule has 3 heterocycles. The van der Waals surface area contributed by atoms with Gasteiger partial charge in [0.2, 0.25) is 0 Å². The molecule has 0 aromatic rings. The van der Waals surface area contributed by atoms with Crippen molar-refractivity contribution in [2.45, 2.75) is 82.0 Å². The number of hydrogen-bond donors (Lipinski definition) is 1. The molecule has 0 unspecified atom stereocenters. The lowest BCUT2D eigenvalue weighted by atomic mass is 9.52. The first kappa shape index (κ1) is 24.9. The number of fused-ring (bicyclic) bond motifs is 3. The zero-order valence-corrected chi connectivity index (χ0v) is 20.5. The summed E-state index contributed by atoms with van der Waals surface area (Å²) in [4.78, 5) is 50.7. The van der Waals surface area contributed by atoms with Crippen molar-refractivity contribution in [2.75, 3.05) is 0 Å². The van der Waals surface area contributed by atoms with Gasteiger partial charge in [-0.05, 0) is 26.3 Å². The van der Waals surface area contributed by atoms with Crippen LogP contribution in [0.5, 0.6) is 0 Å². The van der Waals surface area contributed by atoms with E-state index in [2.05, 4.69) is 6.58 Å². The number of aliphatic hydroxyl groups excluding tert-OH is 1. The number of carbonyl (C=O) groups is 4. The highest BCUT2D eigenvalue weighted by Crippen LogP contribution is 2.61. The number of carbonyl (C=O) groups excluding carboxylic acids is 4. The quantitative estimate of drug-likeness (QED) is 0.263. The highest BCUT2D eigenvalue weighted by atomic mass is 35.5. The third-order valence-corrected chi connectivity index (χ3v) is 8.42. The normalized spacial score (nSPS) is 47.6. The van der Waals surface area contributed by atoms with Crippen LogP contribution in [0, 0.1) is 17.3 Å². The monoisotopic (exact) mass is 496 g/mol. The average molecular weight is 497 g/mol. The SMILES string of the molecule is C=C1C[C@@H](O)[C@@H]2O[C@@]3([C@@H](C)C(=O)O[C@H]3[C@H]1Cl)[C@@H](OC(C)=O)[C@@H]1[C@]2(C)C=CC(=O)[C@@]1(C)OC(C)=O. The van der Waals surface area contributed by atoms with Crippen LogP contribution in [-0.4, -0.2) is 69.8 Å². The van der Waals surface area contributed by atoms with E-state index in [-0.39, 0.29) is 6.42 Å². The van der Waals surface area contributed by atoms with Gasteiger partial charge in [0.25, 0.3) is 0 Å². The summed E-state index contributed by atoms with van der Waals surface area (Å²) in [7, 11) is 0. The molecule has 10 atom stereocenters. The second kappa shape index (κ2) is 7.90. The van der Waals surface area contributed by atoms with E-state index >= 15 is 0 Å². The summed E-state index contributed by atoms with van der Waals surface area (Å²) in [6.45, 7) is 11.1. The van der Waals surface area contributed by atoms with Gasteiger partial charge in [0.15, 0.2) is 23.1 Å². The van der Waals surface area contributed by atoms with Gasteiger partial charge in [-0.2, -0.15) is 0 Å². The summed E-state index contributed by atoms with van der Waals surface area (Å²) < 4.78 is 23.7. The van der Waals surface area contributed by atoms with E-state index in [0.717, 1.165) is 0 Å². The zero-order valence-electron chi connectivity index (χ0n) is 19.7. The van der Waals surface area contributed by atoms with E-state index in [4.69, 9.17) is 30.5 Å². The molecule has 9 nitrogen and oxygen atoms in total. The van der Waals surface area contributed by atoms with E-state index in [1.165, 1.54) is 26.8 Å². The molecular formula is C24H29ClO9. The fourth-order valence-corrected chi connectivity index (χ4v) is 6.73. The van der Waals surface area contributed by atoms with Crippen molar-refractivity contribution < 1.29 is 43.2 Å². The maximum atomic E-state index is 13.2. The zero-order chi connectivity index (χ0) is 25.4. The predicted octanol–water partition coefficient (Wildman–Crippen LogP) is 1.63. The Labute approximate surface area is 202 Å². The first-order valence-electron chi connectivity index (χ1n) is 11.2. The minimum Gasteiger partial charge on any atom is -0.459 e. The summed E-state index contributed by atoms with van der Waals surface area (Å²) in [6.07, 6.45) is -1.64. The van der Waals surface area contributed by atoms with Gasteiger partial charge in [0.1, 0.15) is 6.10 Å². The van der Waals surface area contributed by atoms with Gasteiger partial charge in [-0.1, -0.05) is 25.2 Å². The summed E-state index contributed by atoms with van der Waals surface area (Å²) in [6, 6.07) is 0. The molecule has 3 saturated heterocycles. The standard InChI is InChI=1S/C24H29ClO9/c1-10-9-14(28)18-22(5)8-7-15(29)23(6,33-13(4)27)17(22)20(31-12(3)26)24(34-18)11(2)21(30)32-19(24)16(10)25/h7-8,11,14,16-20,28H,1,9H2,2-6H3/t11-,14+,16-,17+,18-,19-,20-,22-,23+,24+/m0/s1. The maximum absolute atomic E-state index is 13.2. The van der Waals surface area contributed by atoms with Crippen LogP contribution in [0.25, 0.3) is 0 Å². The van der Waals surface area contributed by atoms with Crippen LogP contribution in [0.1, 0.15) is 41.0 Å². The summed E-state index contributed by atoms with van der Waals surface area (Å²) in [5, 5.41) is 10.3. The Kier molecular flexibility index (Phi) is 5.78. The topological polar surface area (TPSA) is 125 Å². The van der Waals surface area contributed by atoms with E-state index < -0.39 is 81.9 Å². The smallest absolute Gasteiger partial charge is 0.312 e. The van der Waals surface area contributed by atoms with Crippen molar-refractivity contribution >= 4 is 35.3 Å². The summed E-state index contributed by atoms with van der Waals surface area (Å²) in [5.74, 6) is -4.60. The third-order valence-electron chi connectivity index (χ3n) is 7.88. The molecule has 1 N–H and O–H groups in total. The minimum absolute atomic E-state index is 0.0456. The average Bonchev–Trinajstić information content (AvgIpc) is 2.96. The van der Waals surface area contributed by atoms with Crippen LogP contribution in [0.15, 0.2) is 24.3 Å². The molecule has 4 rings (SSSR count). The number of alkyl halides is 1. The molecule has 1 aliphatic carbocycles. The van der Waals surface area contributed by atoms with E-state index in [1.54, 1.807) is 19.9 Å². The predicted molar refractivity (Wildman–Crippen MR) is 118 cm³/mol. The summed E-state index contributed by atoms with van der Waals surface area (Å²) in [5.41, 5.74) is -4.20. The van der Waals surface area contributed by atoms with Crippen LogP contribution in [-0.2, 0) is 38.1 Å². The van der Waals surface area contributed by atoms with Crippen molar-refractivity contribution in [1.29, 1.82) is 0 Å². The van der Waals surface area contributed by atoms with Crippen molar-refractivity contribution in [3.63, 3.8) is 0 Å². The van der Waals surface area contributed by atoms with Crippen LogP contribution in [0.2, 0.25) is 0 Å². The molecule has 0 radical (unpaired) electrons. The largest absolute Gasteiger partial charge is 0.459 e. The second-order valence-electron chi connectivity index (χ2n) is 10.1. The number of esters is 3. The molecule has 0 aromatic carbocycles. The van der Waals surface area contributed by atoms with Crippen molar-refractivity contribution in [2.24, 2.45) is 17.3 Å². The van der Waals surface area contributed by atoms with Crippen LogP contribution < -0.4 is 0 Å². The molecule has 3 fully saturated rings. The van der Waals surface area contributed by atoms with Gasteiger partial charge in [0, 0.05) is 19.3 Å². The van der Waals surface area contributed by atoms with Gasteiger partial charge < -0.3 is 24.1 Å². The number of hydrogen-bond acceptors (Lipinski definition) is 9. The Morgan fingerprint density at radius 1 is 1.21 bits per heavy atom. The Balaban J connectivity index is 2.06. The van der Waals surface area contributed by atoms with Gasteiger partial charge >= 0.3 is 17.9 Å². The van der Waals surface area contributed by atoms with Crippen LogP contribution >= 0.6 is 11.6 Å². The van der Waals surface area contributed by atoms with Gasteiger partial charge in [-0.25, -0.2) is 0 Å². The van der Waals surface area contributed by atoms with Crippen molar-refractivity contribution in [3.05, 3.63) is 24.3 Å². The maximum Gasteiger partial charge on any atom is 0.312 e. The Morgan fingerprint density at radius 2 is 1.85 bits per heavy atom.